The number of nitrogens with zero attached hydrogens (tertiary/aromatic N) is 3. The molecule has 2 N–H and O–H groups in total. The maximum atomic E-state index is 12.5. The van der Waals surface area contributed by atoms with E-state index in [1.54, 1.807) is 12.1 Å². The van der Waals surface area contributed by atoms with E-state index >= 15 is 0 Å². The van der Waals surface area contributed by atoms with Crippen LogP contribution in [0.3, 0.4) is 0 Å². The summed E-state index contributed by atoms with van der Waals surface area (Å²) in [7, 11) is -4.08. The molecule has 118 valence electrons. The molecule has 3 aromatic rings. The molecule has 0 saturated heterocycles. The lowest BCUT2D eigenvalue weighted by molar-refractivity contribution is 0.0564. The maximum Gasteiger partial charge on any atom is 0.333 e. The number of aromatic nitrogens is 3. The van der Waals surface area contributed by atoms with Crippen molar-refractivity contribution in [2.24, 2.45) is 0 Å². The number of anilines is 1. The molecule has 0 amide bonds. The smallest absolute Gasteiger partial charge is 0.333 e. The second kappa shape index (κ2) is 5.36. The minimum atomic E-state index is -4.08. The lowest BCUT2D eigenvalue weighted by atomic mass is 10.2. The standard InChI is InChI=1S/C13H9F2N5O2S/c14-13(15)20-7-9(6-18-20)23(21,22)19-11-3-1-2-10-8(4-16)5-17-12(10)11/h1-3,5-7,13,17,19H. The fraction of sp³-hybridized carbons (Fsp3) is 0.0769. The van der Waals surface area contributed by atoms with Gasteiger partial charge in [-0.05, 0) is 6.07 Å². The Balaban J connectivity index is 2.00. The number of alkyl halides is 2. The molecule has 7 nitrogen and oxygen atoms in total. The third kappa shape index (κ3) is 2.62. The summed E-state index contributed by atoms with van der Waals surface area (Å²) in [6.07, 6.45) is 3.03. The first-order valence-electron chi connectivity index (χ1n) is 6.27. The van der Waals surface area contributed by atoms with Crippen LogP contribution in [0.15, 0.2) is 41.7 Å². The average Bonchev–Trinajstić information content (AvgIpc) is 3.14. The number of benzene rings is 1. The highest BCUT2D eigenvalue weighted by molar-refractivity contribution is 7.92. The third-order valence-corrected chi connectivity index (χ3v) is 4.49. The first kappa shape index (κ1) is 15.0. The van der Waals surface area contributed by atoms with E-state index in [0.29, 0.717) is 16.5 Å². The van der Waals surface area contributed by atoms with Gasteiger partial charge in [0, 0.05) is 11.6 Å². The van der Waals surface area contributed by atoms with Crippen molar-refractivity contribution in [2.45, 2.75) is 11.4 Å². The van der Waals surface area contributed by atoms with E-state index in [-0.39, 0.29) is 15.3 Å². The van der Waals surface area contributed by atoms with Crippen molar-refractivity contribution in [2.75, 3.05) is 4.72 Å². The van der Waals surface area contributed by atoms with Crippen molar-refractivity contribution < 1.29 is 17.2 Å². The largest absolute Gasteiger partial charge is 0.358 e. The molecule has 0 unspecified atom stereocenters. The van der Waals surface area contributed by atoms with Gasteiger partial charge in [-0.25, -0.2) is 13.1 Å². The number of para-hydroxylation sites is 1. The molecule has 10 heteroatoms. The van der Waals surface area contributed by atoms with E-state index in [0.717, 1.165) is 12.4 Å². The van der Waals surface area contributed by atoms with Crippen LogP contribution < -0.4 is 4.72 Å². The Morgan fingerprint density at radius 2 is 2.17 bits per heavy atom. The molecule has 0 spiro atoms. The van der Waals surface area contributed by atoms with Crippen molar-refractivity contribution in [1.29, 1.82) is 5.26 Å². The van der Waals surface area contributed by atoms with E-state index in [1.165, 1.54) is 12.3 Å². The minimum Gasteiger partial charge on any atom is -0.358 e. The van der Waals surface area contributed by atoms with E-state index < -0.39 is 16.6 Å². The van der Waals surface area contributed by atoms with Crippen molar-refractivity contribution in [1.82, 2.24) is 14.8 Å². The van der Waals surface area contributed by atoms with Gasteiger partial charge in [0.05, 0.1) is 29.2 Å². The quantitative estimate of drug-likeness (QED) is 0.763. The molecule has 1 aromatic carbocycles. The number of hydrogen-bond acceptors (Lipinski definition) is 4. The van der Waals surface area contributed by atoms with Crippen molar-refractivity contribution >= 4 is 26.6 Å². The normalized spacial score (nSPS) is 11.7. The number of hydrogen-bond donors (Lipinski definition) is 2. The molecule has 0 bridgehead atoms. The van der Waals surface area contributed by atoms with Gasteiger partial charge < -0.3 is 4.98 Å². The summed E-state index contributed by atoms with van der Waals surface area (Å²) in [5.41, 5.74) is 0.995. The number of aromatic amines is 1. The van der Waals surface area contributed by atoms with Crippen LogP contribution in [-0.2, 0) is 10.0 Å². The van der Waals surface area contributed by atoms with Gasteiger partial charge in [0.25, 0.3) is 10.0 Å². The van der Waals surface area contributed by atoms with Gasteiger partial charge in [0.15, 0.2) is 0 Å². The van der Waals surface area contributed by atoms with Gasteiger partial charge >= 0.3 is 6.55 Å². The monoisotopic (exact) mass is 337 g/mol. The van der Waals surface area contributed by atoms with Gasteiger partial charge in [-0.1, -0.05) is 12.1 Å². The zero-order valence-electron chi connectivity index (χ0n) is 11.4. The molecule has 23 heavy (non-hydrogen) atoms. The van der Waals surface area contributed by atoms with Crippen LogP contribution in [0.4, 0.5) is 14.5 Å². The molecule has 2 heterocycles. The van der Waals surface area contributed by atoms with Gasteiger partial charge in [-0.2, -0.15) is 19.1 Å². The van der Waals surface area contributed by atoms with Crippen molar-refractivity contribution in [3.05, 3.63) is 42.4 Å². The van der Waals surface area contributed by atoms with Gasteiger partial charge in [0.2, 0.25) is 0 Å². The molecule has 0 aliphatic rings. The van der Waals surface area contributed by atoms with Crippen LogP contribution in [-0.4, -0.2) is 23.2 Å². The van der Waals surface area contributed by atoms with Gasteiger partial charge in [-0.15, -0.1) is 0 Å². The predicted molar refractivity (Wildman–Crippen MR) is 77.3 cm³/mol. The molecule has 3 rings (SSSR count). The Bertz CT molecular complexity index is 1020. The van der Waals surface area contributed by atoms with E-state index in [1.807, 2.05) is 6.07 Å². The molecule has 0 fully saturated rings. The number of nitriles is 1. The first-order chi connectivity index (χ1) is 10.9. The van der Waals surface area contributed by atoms with E-state index in [9.17, 15) is 17.2 Å². The Kier molecular flexibility index (Phi) is 3.49. The number of H-pyrrole nitrogens is 1. The van der Waals surface area contributed by atoms with E-state index in [4.69, 9.17) is 5.26 Å². The van der Waals surface area contributed by atoms with Gasteiger partial charge in [0.1, 0.15) is 11.0 Å². The summed E-state index contributed by atoms with van der Waals surface area (Å²) in [6.45, 7) is -2.93. The molecular formula is C13H9F2N5O2S. The topological polar surface area (TPSA) is 104 Å². The summed E-state index contributed by atoms with van der Waals surface area (Å²) in [4.78, 5) is 2.43. The Morgan fingerprint density at radius 1 is 1.39 bits per heavy atom. The van der Waals surface area contributed by atoms with Crippen LogP contribution >= 0.6 is 0 Å². The average molecular weight is 337 g/mol. The maximum absolute atomic E-state index is 12.5. The highest BCUT2D eigenvalue weighted by Gasteiger charge is 2.20. The minimum absolute atomic E-state index is 0.203. The lowest BCUT2D eigenvalue weighted by Crippen LogP contribution is -2.12. The summed E-state index contributed by atoms with van der Waals surface area (Å²) in [6, 6.07) is 6.72. The molecule has 0 radical (unpaired) electrons. The second-order valence-corrected chi connectivity index (χ2v) is 6.26. The summed E-state index contributed by atoms with van der Waals surface area (Å²) >= 11 is 0. The molecule has 0 saturated carbocycles. The summed E-state index contributed by atoms with van der Waals surface area (Å²) < 4.78 is 52.1. The SMILES string of the molecule is N#Cc1c[nH]c2c(NS(=O)(=O)c3cnn(C(F)F)c3)cccc12. The number of sulfonamides is 1. The summed E-state index contributed by atoms with van der Waals surface area (Å²) in [5, 5.41) is 12.8. The number of rotatable bonds is 4. The molecule has 0 aliphatic heterocycles. The molecule has 0 atom stereocenters. The number of halogens is 2. The fourth-order valence-electron chi connectivity index (χ4n) is 2.10. The van der Waals surface area contributed by atoms with Crippen LogP contribution in [0, 0.1) is 11.3 Å². The van der Waals surface area contributed by atoms with Gasteiger partial charge in [-0.3, -0.25) is 4.72 Å². The number of fused-ring (bicyclic) bond motifs is 1. The van der Waals surface area contributed by atoms with E-state index in [2.05, 4.69) is 14.8 Å². The zero-order chi connectivity index (χ0) is 16.6. The van der Waals surface area contributed by atoms with Crippen LogP contribution in [0.2, 0.25) is 0 Å². The Morgan fingerprint density at radius 3 is 2.83 bits per heavy atom. The summed E-state index contributed by atoms with van der Waals surface area (Å²) in [5.74, 6) is 0. The van der Waals surface area contributed by atoms with Crippen molar-refractivity contribution in [3.63, 3.8) is 0 Å². The zero-order valence-corrected chi connectivity index (χ0v) is 12.2. The second-order valence-electron chi connectivity index (χ2n) is 4.58. The Hall–Kier alpha value is -2.93. The third-order valence-electron chi connectivity index (χ3n) is 3.17. The van der Waals surface area contributed by atoms with Crippen molar-refractivity contribution in [3.8, 4) is 6.07 Å². The van der Waals surface area contributed by atoms with Crippen LogP contribution in [0.1, 0.15) is 12.1 Å². The molecule has 2 aromatic heterocycles. The lowest BCUT2D eigenvalue weighted by Gasteiger charge is -2.07. The highest BCUT2D eigenvalue weighted by Crippen LogP contribution is 2.27. The first-order valence-corrected chi connectivity index (χ1v) is 7.76. The van der Waals surface area contributed by atoms with Crippen LogP contribution in [0.5, 0.6) is 0 Å². The highest BCUT2D eigenvalue weighted by atomic mass is 32.2. The number of nitrogens with one attached hydrogen (secondary N) is 2. The Labute approximate surface area is 129 Å². The predicted octanol–water partition coefficient (Wildman–Crippen LogP) is 2.43. The van der Waals surface area contributed by atoms with Crippen LogP contribution in [0.25, 0.3) is 10.9 Å². The molecule has 0 aliphatic carbocycles. The fourth-order valence-corrected chi connectivity index (χ4v) is 3.11. The molecular weight excluding hydrogens is 328 g/mol.